The molecule has 5 heteroatoms. The maximum atomic E-state index is 12.9. The molecule has 0 spiro atoms. The number of hydrogen-bond donors (Lipinski definition) is 2. The lowest BCUT2D eigenvalue weighted by Gasteiger charge is -2.32. The maximum absolute atomic E-state index is 12.9. The number of halogens is 1. The zero-order valence-corrected chi connectivity index (χ0v) is 9.73. The van der Waals surface area contributed by atoms with Gasteiger partial charge in [-0.2, -0.15) is 0 Å². The summed E-state index contributed by atoms with van der Waals surface area (Å²) in [5, 5.41) is 11.4. The Morgan fingerprint density at radius 3 is 2.72 bits per heavy atom. The van der Waals surface area contributed by atoms with Gasteiger partial charge >= 0.3 is 5.97 Å². The summed E-state index contributed by atoms with van der Waals surface area (Å²) in [7, 11) is 0. The number of hydrogen-bond acceptors (Lipinski definition) is 2. The van der Waals surface area contributed by atoms with E-state index in [-0.39, 0.29) is 30.1 Å². The van der Waals surface area contributed by atoms with Gasteiger partial charge < -0.3 is 10.4 Å². The fourth-order valence-corrected chi connectivity index (χ4v) is 2.05. The lowest BCUT2D eigenvalue weighted by atomic mass is 9.80. The van der Waals surface area contributed by atoms with Gasteiger partial charge in [0.15, 0.2) is 0 Å². The van der Waals surface area contributed by atoms with E-state index in [1.807, 2.05) is 0 Å². The van der Waals surface area contributed by atoms with Crippen molar-refractivity contribution in [1.29, 1.82) is 0 Å². The molecule has 96 valence electrons. The number of carbonyl (C=O) groups is 2. The van der Waals surface area contributed by atoms with Crippen LogP contribution < -0.4 is 5.32 Å². The molecule has 4 nitrogen and oxygen atoms in total. The second-order valence-electron chi connectivity index (χ2n) is 4.58. The number of carboxylic acid groups (broad SMARTS) is 1. The maximum Gasteiger partial charge on any atom is 0.306 e. The van der Waals surface area contributed by atoms with Crippen molar-refractivity contribution in [3.63, 3.8) is 0 Å². The average Bonchev–Trinajstić information content (AvgIpc) is 2.22. The van der Waals surface area contributed by atoms with E-state index in [1.54, 1.807) is 12.1 Å². The first-order valence-corrected chi connectivity index (χ1v) is 5.81. The van der Waals surface area contributed by atoms with Crippen LogP contribution in [0.1, 0.15) is 18.4 Å². The minimum Gasteiger partial charge on any atom is -0.481 e. The number of carboxylic acids is 1. The van der Waals surface area contributed by atoms with E-state index in [4.69, 9.17) is 5.11 Å². The fourth-order valence-electron chi connectivity index (χ4n) is 2.05. The van der Waals surface area contributed by atoms with Crippen molar-refractivity contribution in [2.45, 2.75) is 25.3 Å². The van der Waals surface area contributed by atoms with Crippen molar-refractivity contribution in [3.8, 4) is 0 Å². The molecule has 1 aliphatic carbocycles. The highest BCUT2D eigenvalue weighted by molar-refractivity contribution is 5.79. The van der Waals surface area contributed by atoms with Gasteiger partial charge in [-0.3, -0.25) is 9.59 Å². The van der Waals surface area contributed by atoms with Gasteiger partial charge in [0.05, 0.1) is 12.3 Å². The van der Waals surface area contributed by atoms with Crippen molar-refractivity contribution in [2.75, 3.05) is 0 Å². The Kier molecular flexibility index (Phi) is 3.60. The normalized spacial score (nSPS) is 22.1. The summed E-state index contributed by atoms with van der Waals surface area (Å²) in [5.41, 5.74) is 0.613. The van der Waals surface area contributed by atoms with E-state index >= 15 is 0 Å². The van der Waals surface area contributed by atoms with Gasteiger partial charge in [-0.25, -0.2) is 4.39 Å². The topological polar surface area (TPSA) is 66.4 Å². The predicted octanol–water partition coefficient (Wildman–Crippen LogP) is 1.35. The van der Waals surface area contributed by atoms with E-state index in [0.717, 1.165) is 0 Å². The summed E-state index contributed by atoms with van der Waals surface area (Å²) in [6.45, 7) is 0. The van der Waals surface area contributed by atoms with Crippen LogP contribution in [0.25, 0.3) is 0 Å². The van der Waals surface area contributed by atoms with Crippen LogP contribution in [0.15, 0.2) is 24.3 Å². The SMILES string of the molecule is O=C(Cc1cccc(F)c1)NC1CC(C(=O)O)C1. The van der Waals surface area contributed by atoms with Crippen molar-refractivity contribution in [1.82, 2.24) is 5.32 Å². The molecule has 0 aliphatic heterocycles. The molecule has 0 heterocycles. The number of rotatable bonds is 4. The Bertz CT molecular complexity index is 469. The van der Waals surface area contributed by atoms with Crippen LogP contribution in [0.5, 0.6) is 0 Å². The number of aliphatic carboxylic acids is 1. The van der Waals surface area contributed by atoms with Gasteiger partial charge in [0.1, 0.15) is 5.82 Å². The Balaban J connectivity index is 1.78. The standard InChI is InChI=1S/C13H14FNO3/c14-10-3-1-2-8(4-10)5-12(16)15-11-6-9(7-11)13(17)18/h1-4,9,11H,5-7H2,(H,15,16)(H,17,18). The number of benzene rings is 1. The molecule has 2 rings (SSSR count). The zero-order valence-electron chi connectivity index (χ0n) is 9.73. The molecule has 0 bridgehead atoms. The highest BCUT2D eigenvalue weighted by Gasteiger charge is 2.35. The molecular weight excluding hydrogens is 237 g/mol. The molecule has 1 aliphatic rings. The van der Waals surface area contributed by atoms with Crippen LogP contribution in [0, 0.1) is 11.7 Å². The molecule has 2 N–H and O–H groups in total. The van der Waals surface area contributed by atoms with Crippen molar-refractivity contribution in [3.05, 3.63) is 35.6 Å². The molecule has 0 radical (unpaired) electrons. The van der Waals surface area contributed by atoms with Gasteiger partial charge in [0.25, 0.3) is 0 Å². The minimum absolute atomic E-state index is 0.0628. The molecule has 1 saturated carbocycles. The van der Waals surface area contributed by atoms with Gasteiger partial charge in [0, 0.05) is 6.04 Å². The van der Waals surface area contributed by atoms with E-state index in [9.17, 15) is 14.0 Å². The molecule has 0 unspecified atom stereocenters. The highest BCUT2D eigenvalue weighted by atomic mass is 19.1. The van der Waals surface area contributed by atoms with Crippen LogP contribution in [-0.2, 0) is 16.0 Å². The number of nitrogens with one attached hydrogen (secondary N) is 1. The lowest BCUT2D eigenvalue weighted by Crippen LogP contribution is -2.47. The number of carbonyl (C=O) groups excluding carboxylic acids is 1. The molecule has 1 aromatic carbocycles. The third-order valence-corrected chi connectivity index (χ3v) is 3.11. The zero-order chi connectivity index (χ0) is 13.1. The van der Waals surface area contributed by atoms with E-state index in [0.29, 0.717) is 18.4 Å². The van der Waals surface area contributed by atoms with Crippen molar-refractivity contribution >= 4 is 11.9 Å². The molecule has 18 heavy (non-hydrogen) atoms. The Hall–Kier alpha value is -1.91. The Morgan fingerprint density at radius 2 is 2.11 bits per heavy atom. The third-order valence-electron chi connectivity index (χ3n) is 3.11. The number of amides is 1. The van der Waals surface area contributed by atoms with E-state index in [2.05, 4.69) is 5.32 Å². The van der Waals surface area contributed by atoms with Crippen LogP contribution in [-0.4, -0.2) is 23.0 Å². The van der Waals surface area contributed by atoms with E-state index < -0.39 is 5.97 Å². The lowest BCUT2D eigenvalue weighted by molar-refractivity contribution is -0.146. The van der Waals surface area contributed by atoms with Crippen molar-refractivity contribution < 1.29 is 19.1 Å². The molecule has 0 aromatic heterocycles. The quantitative estimate of drug-likeness (QED) is 0.848. The summed E-state index contributed by atoms with van der Waals surface area (Å²) in [6, 6.07) is 5.82. The minimum atomic E-state index is -0.814. The molecule has 1 fully saturated rings. The first-order valence-electron chi connectivity index (χ1n) is 5.81. The molecule has 0 atom stereocenters. The molecule has 1 amide bonds. The van der Waals surface area contributed by atoms with Crippen LogP contribution in [0.3, 0.4) is 0 Å². The summed E-state index contributed by atoms with van der Waals surface area (Å²) in [5.74, 6) is -1.72. The second-order valence-corrected chi connectivity index (χ2v) is 4.58. The first kappa shape index (κ1) is 12.5. The molecule has 0 saturated heterocycles. The smallest absolute Gasteiger partial charge is 0.306 e. The predicted molar refractivity (Wildman–Crippen MR) is 62.4 cm³/mol. The average molecular weight is 251 g/mol. The summed E-state index contributed by atoms with van der Waals surface area (Å²) >= 11 is 0. The van der Waals surface area contributed by atoms with Gasteiger partial charge in [-0.15, -0.1) is 0 Å². The monoisotopic (exact) mass is 251 g/mol. The van der Waals surface area contributed by atoms with Crippen LogP contribution in [0.2, 0.25) is 0 Å². The van der Waals surface area contributed by atoms with Crippen LogP contribution >= 0.6 is 0 Å². The Labute approximate surface area is 104 Å². The Morgan fingerprint density at radius 1 is 1.39 bits per heavy atom. The van der Waals surface area contributed by atoms with Crippen LogP contribution in [0.4, 0.5) is 4.39 Å². The highest BCUT2D eigenvalue weighted by Crippen LogP contribution is 2.27. The second kappa shape index (κ2) is 5.16. The van der Waals surface area contributed by atoms with Crippen molar-refractivity contribution in [2.24, 2.45) is 5.92 Å². The van der Waals surface area contributed by atoms with Gasteiger partial charge in [-0.1, -0.05) is 12.1 Å². The largest absolute Gasteiger partial charge is 0.481 e. The fraction of sp³-hybridized carbons (Fsp3) is 0.385. The summed E-state index contributed by atoms with van der Waals surface area (Å²) < 4.78 is 12.9. The van der Waals surface area contributed by atoms with E-state index in [1.165, 1.54) is 12.1 Å². The summed E-state index contributed by atoms with van der Waals surface area (Å²) in [4.78, 5) is 22.2. The third kappa shape index (κ3) is 3.06. The molecular formula is C13H14FNO3. The first-order chi connectivity index (χ1) is 8.54. The van der Waals surface area contributed by atoms with Gasteiger partial charge in [0.2, 0.25) is 5.91 Å². The summed E-state index contributed by atoms with van der Waals surface area (Å²) in [6.07, 6.45) is 1.07. The van der Waals surface area contributed by atoms with Gasteiger partial charge in [-0.05, 0) is 30.5 Å². The molecule has 1 aromatic rings.